The largest absolute Gasteiger partial charge is 0.388 e. The molecule has 20 heavy (non-hydrogen) atoms. The summed E-state index contributed by atoms with van der Waals surface area (Å²) in [6.07, 6.45) is 0. The zero-order valence-corrected chi connectivity index (χ0v) is 11.4. The number of hydrogen-bond donors (Lipinski definition) is 2. The Labute approximate surface area is 118 Å². The Hall–Kier alpha value is -2.80. The molecule has 0 saturated carbocycles. The second kappa shape index (κ2) is 5.89. The second-order valence-corrected chi connectivity index (χ2v) is 4.39. The first-order valence-corrected chi connectivity index (χ1v) is 6.24. The molecule has 0 spiro atoms. The predicted octanol–water partition coefficient (Wildman–Crippen LogP) is 3.16. The fraction of sp³-hybridized carbons (Fsp3) is 0.125. The van der Waals surface area contributed by atoms with Crippen molar-refractivity contribution in [3.63, 3.8) is 0 Å². The Balaban J connectivity index is 2.23. The fourth-order valence-corrected chi connectivity index (χ4v) is 1.90. The molecule has 0 bridgehead atoms. The number of benzene rings is 2. The highest BCUT2D eigenvalue weighted by Crippen LogP contribution is 2.19. The SMILES string of the molecule is CNc1ccc(C(=O)Nc2cccc(C)c2C#N)cc1. The number of nitrogens with zero attached hydrogens (tertiary/aromatic N) is 1. The minimum atomic E-state index is -0.227. The van der Waals surface area contributed by atoms with Gasteiger partial charge < -0.3 is 10.6 Å². The second-order valence-electron chi connectivity index (χ2n) is 4.39. The standard InChI is InChI=1S/C16H15N3O/c1-11-4-3-5-15(14(11)10-17)19-16(20)12-6-8-13(18-2)9-7-12/h3-9,18H,1-2H3,(H,19,20). The van der Waals surface area contributed by atoms with Crippen LogP contribution in [0.15, 0.2) is 42.5 Å². The molecule has 0 atom stereocenters. The number of amides is 1. The van der Waals surface area contributed by atoms with Crippen LogP contribution in [0.25, 0.3) is 0 Å². The van der Waals surface area contributed by atoms with Crippen molar-refractivity contribution in [1.82, 2.24) is 0 Å². The highest BCUT2D eigenvalue weighted by atomic mass is 16.1. The maximum absolute atomic E-state index is 12.2. The van der Waals surface area contributed by atoms with Gasteiger partial charge in [-0.15, -0.1) is 0 Å². The maximum Gasteiger partial charge on any atom is 0.255 e. The molecule has 4 nitrogen and oxygen atoms in total. The van der Waals surface area contributed by atoms with E-state index in [0.29, 0.717) is 16.8 Å². The Morgan fingerprint density at radius 1 is 1.15 bits per heavy atom. The third kappa shape index (κ3) is 2.78. The van der Waals surface area contributed by atoms with Gasteiger partial charge in [-0.25, -0.2) is 0 Å². The third-order valence-electron chi connectivity index (χ3n) is 3.07. The lowest BCUT2D eigenvalue weighted by Gasteiger charge is -2.09. The average molecular weight is 265 g/mol. The van der Waals surface area contributed by atoms with Crippen LogP contribution in [0.2, 0.25) is 0 Å². The van der Waals surface area contributed by atoms with Crippen LogP contribution in [0, 0.1) is 18.3 Å². The van der Waals surface area contributed by atoms with Crippen LogP contribution in [-0.2, 0) is 0 Å². The molecule has 0 radical (unpaired) electrons. The molecule has 0 saturated heterocycles. The molecule has 100 valence electrons. The number of nitriles is 1. The monoisotopic (exact) mass is 265 g/mol. The predicted molar refractivity (Wildman–Crippen MR) is 79.8 cm³/mol. The van der Waals surface area contributed by atoms with Crippen LogP contribution in [0.3, 0.4) is 0 Å². The summed E-state index contributed by atoms with van der Waals surface area (Å²) in [5.41, 5.74) is 3.36. The van der Waals surface area contributed by atoms with E-state index in [4.69, 9.17) is 5.26 Å². The van der Waals surface area contributed by atoms with Crippen molar-refractivity contribution < 1.29 is 4.79 Å². The summed E-state index contributed by atoms with van der Waals surface area (Å²) in [6.45, 7) is 1.84. The van der Waals surface area contributed by atoms with Gasteiger partial charge in [0.15, 0.2) is 0 Å². The summed E-state index contributed by atoms with van der Waals surface area (Å²) < 4.78 is 0. The Kier molecular flexibility index (Phi) is 4.02. The summed E-state index contributed by atoms with van der Waals surface area (Å²) in [4.78, 5) is 12.2. The molecular weight excluding hydrogens is 250 g/mol. The van der Waals surface area contributed by atoms with Crippen molar-refractivity contribution in [2.45, 2.75) is 6.92 Å². The molecule has 0 aromatic heterocycles. The minimum Gasteiger partial charge on any atom is -0.388 e. The number of hydrogen-bond acceptors (Lipinski definition) is 3. The molecule has 2 N–H and O–H groups in total. The van der Waals surface area contributed by atoms with Crippen LogP contribution in [-0.4, -0.2) is 13.0 Å². The molecule has 2 aromatic rings. The fourth-order valence-electron chi connectivity index (χ4n) is 1.90. The van der Waals surface area contributed by atoms with E-state index in [0.717, 1.165) is 11.3 Å². The van der Waals surface area contributed by atoms with E-state index in [2.05, 4.69) is 16.7 Å². The van der Waals surface area contributed by atoms with E-state index in [1.165, 1.54) is 0 Å². The van der Waals surface area contributed by atoms with Gasteiger partial charge in [-0.2, -0.15) is 5.26 Å². The van der Waals surface area contributed by atoms with Crippen molar-refractivity contribution in [2.24, 2.45) is 0 Å². The smallest absolute Gasteiger partial charge is 0.255 e. The van der Waals surface area contributed by atoms with Crippen LogP contribution in [0.4, 0.5) is 11.4 Å². The van der Waals surface area contributed by atoms with Crippen molar-refractivity contribution in [2.75, 3.05) is 17.7 Å². The van der Waals surface area contributed by atoms with E-state index >= 15 is 0 Å². The van der Waals surface area contributed by atoms with Crippen LogP contribution in [0.5, 0.6) is 0 Å². The normalized spacial score (nSPS) is 9.65. The summed E-state index contributed by atoms with van der Waals surface area (Å²) >= 11 is 0. The molecule has 0 unspecified atom stereocenters. The minimum absolute atomic E-state index is 0.227. The molecule has 1 amide bonds. The zero-order valence-electron chi connectivity index (χ0n) is 11.4. The topological polar surface area (TPSA) is 64.9 Å². The van der Waals surface area contributed by atoms with Gasteiger partial charge >= 0.3 is 0 Å². The van der Waals surface area contributed by atoms with E-state index in [1.807, 2.05) is 38.2 Å². The van der Waals surface area contributed by atoms with E-state index in [9.17, 15) is 4.79 Å². The number of carbonyl (C=O) groups is 1. The number of aryl methyl sites for hydroxylation is 1. The van der Waals surface area contributed by atoms with E-state index in [1.54, 1.807) is 18.2 Å². The van der Waals surface area contributed by atoms with E-state index < -0.39 is 0 Å². The quantitative estimate of drug-likeness (QED) is 0.896. The third-order valence-corrected chi connectivity index (χ3v) is 3.07. The lowest BCUT2D eigenvalue weighted by Crippen LogP contribution is -2.13. The van der Waals surface area contributed by atoms with Gasteiger partial charge in [-0.05, 0) is 42.8 Å². The summed E-state index contributed by atoms with van der Waals surface area (Å²) in [5, 5.41) is 14.9. The van der Waals surface area contributed by atoms with Gasteiger partial charge in [0.2, 0.25) is 0 Å². The van der Waals surface area contributed by atoms with Crippen LogP contribution in [0.1, 0.15) is 21.5 Å². The van der Waals surface area contributed by atoms with Crippen LogP contribution < -0.4 is 10.6 Å². The molecule has 0 heterocycles. The van der Waals surface area contributed by atoms with Crippen molar-refractivity contribution in [3.05, 3.63) is 59.2 Å². The summed E-state index contributed by atoms with van der Waals surface area (Å²) in [5.74, 6) is -0.227. The molecule has 4 heteroatoms. The summed E-state index contributed by atoms with van der Waals surface area (Å²) in [7, 11) is 1.82. The lowest BCUT2D eigenvalue weighted by molar-refractivity contribution is 0.102. The average Bonchev–Trinajstić information content (AvgIpc) is 2.47. The van der Waals surface area contributed by atoms with Crippen molar-refractivity contribution >= 4 is 17.3 Å². The van der Waals surface area contributed by atoms with E-state index in [-0.39, 0.29) is 5.91 Å². The first-order valence-electron chi connectivity index (χ1n) is 6.24. The number of anilines is 2. The molecule has 0 aliphatic carbocycles. The Bertz CT molecular complexity index is 669. The van der Waals surface area contributed by atoms with Gasteiger partial charge in [0.25, 0.3) is 5.91 Å². The molecule has 2 aromatic carbocycles. The summed E-state index contributed by atoms with van der Waals surface area (Å²) in [6, 6.07) is 14.6. The van der Waals surface area contributed by atoms with Gasteiger partial charge in [0.1, 0.15) is 6.07 Å². The Morgan fingerprint density at radius 2 is 1.85 bits per heavy atom. The number of rotatable bonds is 3. The maximum atomic E-state index is 12.2. The highest BCUT2D eigenvalue weighted by Gasteiger charge is 2.10. The highest BCUT2D eigenvalue weighted by molar-refractivity contribution is 6.05. The molecule has 2 rings (SSSR count). The first-order chi connectivity index (χ1) is 9.65. The molecular formula is C16H15N3O. The molecule has 0 aliphatic rings. The Morgan fingerprint density at radius 3 is 2.45 bits per heavy atom. The van der Waals surface area contributed by atoms with Crippen LogP contribution >= 0.6 is 0 Å². The molecule has 0 aliphatic heterocycles. The molecule has 0 fully saturated rings. The van der Waals surface area contributed by atoms with Gasteiger partial charge in [-0.3, -0.25) is 4.79 Å². The lowest BCUT2D eigenvalue weighted by atomic mass is 10.1. The van der Waals surface area contributed by atoms with Gasteiger partial charge in [-0.1, -0.05) is 12.1 Å². The zero-order chi connectivity index (χ0) is 14.5. The number of nitrogens with one attached hydrogen (secondary N) is 2. The van der Waals surface area contributed by atoms with Gasteiger partial charge in [0.05, 0.1) is 11.3 Å². The first kappa shape index (κ1) is 13.6. The van der Waals surface area contributed by atoms with Crippen molar-refractivity contribution in [3.8, 4) is 6.07 Å². The van der Waals surface area contributed by atoms with Crippen molar-refractivity contribution in [1.29, 1.82) is 5.26 Å². The van der Waals surface area contributed by atoms with Gasteiger partial charge in [0, 0.05) is 18.3 Å². The number of carbonyl (C=O) groups excluding carboxylic acids is 1.